The fraction of sp³-hybridized carbons (Fsp3) is 0.455. The van der Waals surface area contributed by atoms with E-state index in [4.69, 9.17) is 0 Å². The van der Waals surface area contributed by atoms with Crippen LogP contribution < -0.4 is 0 Å². The van der Waals surface area contributed by atoms with Gasteiger partial charge in [0.25, 0.3) is 20.2 Å². The molecule has 8 heteroatoms. The van der Waals surface area contributed by atoms with Crippen LogP contribution in [0.4, 0.5) is 0 Å². The lowest BCUT2D eigenvalue weighted by molar-refractivity contribution is 0.461. The lowest BCUT2D eigenvalue weighted by Crippen LogP contribution is -2.16. The van der Waals surface area contributed by atoms with E-state index in [-0.39, 0.29) is 15.7 Å². The van der Waals surface area contributed by atoms with Gasteiger partial charge in [0.2, 0.25) is 0 Å². The fourth-order valence-electron chi connectivity index (χ4n) is 3.96. The number of rotatable bonds is 9. The Hall–Kier alpha value is -1.74. The third-order valence-corrected chi connectivity index (χ3v) is 7.35. The number of unbranched alkanes of at least 4 members (excludes halogenated alkanes) is 2. The molecule has 2 aromatic carbocycles. The van der Waals surface area contributed by atoms with Gasteiger partial charge in [-0.1, -0.05) is 68.5 Å². The zero-order chi connectivity index (χ0) is 22.7. The molecular formula is C22H30O6S2. The molecule has 2 atom stereocenters. The van der Waals surface area contributed by atoms with Crippen molar-refractivity contribution in [3.8, 4) is 0 Å². The number of hydrogen-bond acceptors (Lipinski definition) is 4. The summed E-state index contributed by atoms with van der Waals surface area (Å²) in [6.07, 6.45) is 3.34. The summed E-state index contributed by atoms with van der Waals surface area (Å²) < 4.78 is 67.6. The van der Waals surface area contributed by atoms with Crippen molar-refractivity contribution in [2.75, 3.05) is 0 Å². The van der Waals surface area contributed by atoms with E-state index >= 15 is 0 Å². The van der Waals surface area contributed by atoms with Crippen molar-refractivity contribution in [3.05, 3.63) is 58.7 Å². The number of aryl methyl sites for hydroxylation is 2. The van der Waals surface area contributed by atoms with Crippen LogP contribution in [0.5, 0.6) is 0 Å². The Morgan fingerprint density at radius 3 is 1.73 bits per heavy atom. The molecule has 0 saturated carbocycles. The highest BCUT2D eigenvalue weighted by Gasteiger charge is 2.30. The van der Waals surface area contributed by atoms with Gasteiger partial charge in [0, 0.05) is 0 Å². The SMILES string of the molecule is CCCCCC(c1cc(C)ccc1S(=O)(=O)O)C(C)c1cc(C)ccc1S(=O)(=O)O. The summed E-state index contributed by atoms with van der Waals surface area (Å²) in [5.41, 5.74) is 2.56. The Morgan fingerprint density at radius 1 is 0.800 bits per heavy atom. The molecular weight excluding hydrogens is 424 g/mol. The molecule has 0 aliphatic rings. The lowest BCUT2D eigenvalue weighted by Gasteiger charge is -2.28. The molecule has 0 bridgehead atoms. The average molecular weight is 455 g/mol. The number of hydrogen-bond donors (Lipinski definition) is 2. The second kappa shape index (κ2) is 9.60. The maximum absolute atomic E-state index is 12.1. The summed E-state index contributed by atoms with van der Waals surface area (Å²) >= 11 is 0. The van der Waals surface area contributed by atoms with Crippen molar-refractivity contribution in [3.63, 3.8) is 0 Å². The first kappa shape index (κ1) is 24.5. The third-order valence-electron chi connectivity index (χ3n) is 5.50. The average Bonchev–Trinajstić information content (AvgIpc) is 2.62. The van der Waals surface area contributed by atoms with Crippen LogP contribution in [0.2, 0.25) is 0 Å². The second-order valence-electron chi connectivity index (χ2n) is 7.92. The van der Waals surface area contributed by atoms with Crippen LogP contribution in [0, 0.1) is 13.8 Å². The van der Waals surface area contributed by atoms with Gasteiger partial charge >= 0.3 is 0 Å². The fourth-order valence-corrected chi connectivity index (χ4v) is 5.49. The van der Waals surface area contributed by atoms with Crippen LogP contribution in [0.15, 0.2) is 46.2 Å². The van der Waals surface area contributed by atoms with Crippen LogP contribution in [-0.2, 0) is 20.2 Å². The molecule has 166 valence electrons. The van der Waals surface area contributed by atoms with Gasteiger partial charge in [-0.2, -0.15) is 16.8 Å². The first-order chi connectivity index (χ1) is 13.9. The highest BCUT2D eigenvalue weighted by molar-refractivity contribution is 7.86. The molecule has 2 N–H and O–H groups in total. The van der Waals surface area contributed by atoms with Crippen molar-refractivity contribution in [2.24, 2.45) is 0 Å². The van der Waals surface area contributed by atoms with Crippen LogP contribution in [0.3, 0.4) is 0 Å². The quantitative estimate of drug-likeness (QED) is 0.395. The van der Waals surface area contributed by atoms with Crippen molar-refractivity contribution < 1.29 is 25.9 Å². The normalized spacial score (nSPS) is 14.5. The first-order valence-corrected chi connectivity index (χ1v) is 12.9. The highest BCUT2D eigenvalue weighted by atomic mass is 32.2. The van der Waals surface area contributed by atoms with Crippen molar-refractivity contribution in [1.29, 1.82) is 0 Å². The summed E-state index contributed by atoms with van der Waals surface area (Å²) in [5, 5.41) is 0. The second-order valence-corrected chi connectivity index (χ2v) is 10.7. The largest absolute Gasteiger partial charge is 0.294 e. The van der Waals surface area contributed by atoms with Gasteiger partial charge in [-0.3, -0.25) is 9.11 Å². The highest BCUT2D eigenvalue weighted by Crippen LogP contribution is 2.42. The van der Waals surface area contributed by atoms with Crippen LogP contribution in [0.1, 0.15) is 73.6 Å². The van der Waals surface area contributed by atoms with Gasteiger partial charge in [0.1, 0.15) is 0 Å². The van der Waals surface area contributed by atoms with E-state index in [0.29, 0.717) is 17.5 Å². The Labute approximate surface area is 179 Å². The summed E-state index contributed by atoms with van der Waals surface area (Å²) in [4.78, 5) is -0.343. The molecule has 0 aliphatic heterocycles. The summed E-state index contributed by atoms with van der Waals surface area (Å²) in [6, 6.07) is 9.44. The monoisotopic (exact) mass is 454 g/mol. The molecule has 0 saturated heterocycles. The maximum atomic E-state index is 12.1. The molecule has 6 nitrogen and oxygen atoms in total. The molecule has 0 fully saturated rings. The standard InChI is InChI=1S/C22H30O6S2/c1-5-6-7-8-18(20-14-16(3)10-12-22(20)30(26,27)28)17(4)19-13-15(2)9-11-21(19)29(23,24)25/h9-14,17-18H,5-8H2,1-4H3,(H,23,24,25)(H,26,27,28). The predicted molar refractivity (Wildman–Crippen MR) is 117 cm³/mol. The Morgan fingerprint density at radius 2 is 1.27 bits per heavy atom. The van der Waals surface area contributed by atoms with Crippen LogP contribution in [-0.4, -0.2) is 25.9 Å². The molecule has 0 aromatic heterocycles. The summed E-state index contributed by atoms with van der Waals surface area (Å²) in [7, 11) is -8.91. The zero-order valence-electron chi connectivity index (χ0n) is 17.8. The summed E-state index contributed by atoms with van der Waals surface area (Å²) in [6.45, 7) is 7.55. The Bertz CT molecular complexity index is 1100. The zero-order valence-corrected chi connectivity index (χ0v) is 19.4. The molecule has 0 aliphatic carbocycles. The molecule has 0 radical (unpaired) electrons. The van der Waals surface area contributed by atoms with Crippen molar-refractivity contribution in [2.45, 2.75) is 75.0 Å². The van der Waals surface area contributed by atoms with E-state index < -0.39 is 26.2 Å². The molecule has 2 aromatic rings. The smallest absolute Gasteiger partial charge is 0.282 e. The van der Waals surface area contributed by atoms with E-state index in [0.717, 1.165) is 30.4 Å². The predicted octanol–water partition coefficient (Wildman–Crippen LogP) is 5.26. The topological polar surface area (TPSA) is 109 Å². The minimum absolute atomic E-state index is 0.164. The van der Waals surface area contributed by atoms with Crippen molar-refractivity contribution in [1.82, 2.24) is 0 Å². The first-order valence-electron chi connectivity index (χ1n) is 10.0. The lowest BCUT2D eigenvalue weighted by atomic mass is 9.79. The van der Waals surface area contributed by atoms with Gasteiger partial charge < -0.3 is 0 Å². The van der Waals surface area contributed by atoms with Gasteiger partial charge in [-0.05, 0) is 55.4 Å². The van der Waals surface area contributed by atoms with E-state index in [1.165, 1.54) is 12.1 Å². The molecule has 0 spiro atoms. The molecule has 2 rings (SSSR count). The van der Waals surface area contributed by atoms with E-state index in [1.54, 1.807) is 24.3 Å². The minimum atomic E-state index is -4.46. The number of benzene rings is 2. The van der Waals surface area contributed by atoms with E-state index in [2.05, 4.69) is 6.92 Å². The van der Waals surface area contributed by atoms with Gasteiger partial charge in [0.05, 0.1) is 9.79 Å². The van der Waals surface area contributed by atoms with Gasteiger partial charge in [-0.25, -0.2) is 0 Å². The van der Waals surface area contributed by atoms with Crippen molar-refractivity contribution >= 4 is 20.2 Å². The molecule has 2 unspecified atom stereocenters. The maximum Gasteiger partial charge on any atom is 0.294 e. The third kappa shape index (κ3) is 5.91. The molecule has 0 heterocycles. The van der Waals surface area contributed by atoms with Gasteiger partial charge in [0.15, 0.2) is 0 Å². The van der Waals surface area contributed by atoms with E-state index in [1.807, 2.05) is 20.8 Å². The summed E-state index contributed by atoms with van der Waals surface area (Å²) in [5.74, 6) is -0.781. The van der Waals surface area contributed by atoms with Crippen LogP contribution in [0.25, 0.3) is 0 Å². The Kier molecular flexibility index (Phi) is 7.85. The Balaban J connectivity index is 2.71. The minimum Gasteiger partial charge on any atom is -0.282 e. The molecule has 0 amide bonds. The molecule has 30 heavy (non-hydrogen) atoms. The van der Waals surface area contributed by atoms with Gasteiger partial charge in [-0.15, -0.1) is 0 Å². The van der Waals surface area contributed by atoms with E-state index in [9.17, 15) is 25.9 Å². The van der Waals surface area contributed by atoms with Crippen LogP contribution >= 0.6 is 0 Å².